The average Bonchev–Trinajstić information content (AvgIpc) is 2.21. The summed E-state index contributed by atoms with van der Waals surface area (Å²) >= 11 is 1.99. The van der Waals surface area contributed by atoms with Crippen molar-refractivity contribution >= 4 is 34.4 Å². The number of carbonyl (C=O) groups excluding carboxylic acids is 1. The van der Waals surface area contributed by atoms with Crippen molar-refractivity contribution in [2.24, 2.45) is 5.73 Å². The minimum Gasteiger partial charge on any atom is -0.444 e. The third-order valence-electron chi connectivity index (χ3n) is 2.53. The third kappa shape index (κ3) is 4.32. The fraction of sp³-hybridized carbons (Fsp3) is 0.417. The number of nitrogen functional groups attached to an aromatic ring is 1. The Morgan fingerprint density at radius 3 is 2.61 bits per heavy atom. The van der Waals surface area contributed by atoms with E-state index in [9.17, 15) is 9.18 Å². The molecular formula is C12H16FIN2O2. The van der Waals surface area contributed by atoms with Crippen LogP contribution in [0, 0.1) is 9.39 Å². The third-order valence-corrected chi connectivity index (χ3v) is 3.42. The lowest BCUT2D eigenvalue weighted by atomic mass is 9.98. The van der Waals surface area contributed by atoms with E-state index in [2.05, 4.69) is 0 Å². The van der Waals surface area contributed by atoms with Gasteiger partial charge in [0.15, 0.2) is 0 Å². The van der Waals surface area contributed by atoms with E-state index in [1.807, 2.05) is 28.7 Å². The van der Waals surface area contributed by atoms with Crippen LogP contribution in [0.25, 0.3) is 0 Å². The van der Waals surface area contributed by atoms with E-state index in [4.69, 9.17) is 16.2 Å². The van der Waals surface area contributed by atoms with E-state index in [-0.39, 0.29) is 5.69 Å². The topological polar surface area (TPSA) is 78.3 Å². The molecule has 100 valence electrons. The molecule has 0 atom stereocenters. The average molecular weight is 366 g/mol. The highest BCUT2D eigenvalue weighted by atomic mass is 127. The van der Waals surface area contributed by atoms with Gasteiger partial charge in [-0.3, -0.25) is 0 Å². The molecule has 0 aliphatic carbocycles. The Balaban J connectivity index is 2.72. The largest absolute Gasteiger partial charge is 0.444 e. The van der Waals surface area contributed by atoms with Gasteiger partial charge in [-0.2, -0.15) is 0 Å². The van der Waals surface area contributed by atoms with Crippen molar-refractivity contribution in [3.8, 4) is 0 Å². The number of hydrogen-bond acceptors (Lipinski definition) is 3. The van der Waals surface area contributed by atoms with Crippen LogP contribution in [0.1, 0.15) is 25.8 Å². The van der Waals surface area contributed by atoms with Crippen molar-refractivity contribution < 1.29 is 13.9 Å². The molecule has 0 radical (unpaired) electrons. The van der Waals surface area contributed by atoms with E-state index in [0.717, 1.165) is 5.56 Å². The number of hydrogen-bond donors (Lipinski definition) is 2. The molecule has 1 aromatic carbocycles. The molecule has 4 nitrogen and oxygen atoms in total. The maximum atomic E-state index is 13.4. The molecule has 0 heterocycles. The Labute approximate surface area is 119 Å². The summed E-state index contributed by atoms with van der Waals surface area (Å²) in [7, 11) is 0. The second kappa shape index (κ2) is 5.73. The predicted octanol–water partition coefficient (Wildman–Crippen LogP) is 2.82. The summed E-state index contributed by atoms with van der Waals surface area (Å²) < 4.78 is 19.1. The highest BCUT2D eigenvalue weighted by molar-refractivity contribution is 14.1. The van der Waals surface area contributed by atoms with Gasteiger partial charge in [-0.25, -0.2) is 9.18 Å². The van der Waals surface area contributed by atoms with Crippen molar-refractivity contribution in [2.75, 3.05) is 5.73 Å². The molecule has 1 amide bonds. The van der Waals surface area contributed by atoms with E-state index in [0.29, 0.717) is 16.4 Å². The molecule has 0 aliphatic rings. The highest BCUT2D eigenvalue weighted by Gasteiger charge is 2.21. The van der Waals surface area contributed by atoms with Crippen LogP contribution in [0.2, 0.25) is 0 Å². The minimum atomic E-state index is -0.807. The molecule has 0 aromatic heterocycles. The lowest BCUT2D eigenvalue weighted by molar-refractivity contribution is 0.0394. The van der Waals surface area contributed by atoms with Gasteiger partial charge >= 0.3 is 6.09 Å². The first-order chi connectivity index (χ1) is 8.21. The van der Waals surface area contributed by atoms with Gasteiger partial charge in [0.05, 0.1) is 5.69 Å². The fourth-order valence-electron chi connectivity index (χ4n) is 1.55. The number of carbonyl (C=O) groups is 1. The van der Waals surface area contributed by atoms with Gasteiger partial charge in [0.1, 0.15) is 11.4 Å². The molecule has 1 aromatic rings. The summed E-state index contributed by atoms with van der Waals surface area (Å²) in [6, 6.07) is 3.22. The van der Waals surface area contributed by atoms with Crippen LogP contribution in [0.4, 0.5) is 14.9 Å². The van der Waals surface area contributed by atoms with E-state index < -0.39 is 17.5 Å². The van der Waals surface area contributed by atoms with Gasteiger partial charge in [0, 0.05) is 3.57 Å². The molecule has 0 saturated heterocycles. The normalized spacial score (nSPS) is 11.3. The number of aryl methyl sites for hydroxylation is 1. The Morgan fingerprint density at radius 2 is 2.11 bits per heavy atom. The van der Waals surface area contributed by atoms with Gasteiger partial charge in [0.25, 0.3) is 0 Å². The zero-order valence-corrected chi connectivity index (χ0v) is 12.5. The SMILES string of the molecule is CC(C)(CCc1cc(F)c(N)c(I)c1)OC(N)=O. The second-order valence-corrected chi connectivity index (χ2v) is 5.82. The van der Waals surface area contributed by atoms with Gasteiger partial charge in [-0.1, -0.05) is 0 Å². The molecule has 4 N–H and O–H groups in total. The summed E-state index contributed by atoms with van der Waals surface area (Å²) in [5.74, 6) is -0.425. The van der Waals surface area contributed by atoms with Crippen LogP contribution in [0.3, 0.4) is 0 Å². The van der Waals surface area contributed by atoms with E-state index >= 15 is 0 Å². The van der Waals surface area contributed by atoms with Crippen LogP contribution in [0.5, 0.6) is 0 Å². The van der Waals surface area contributed by atoms with Gasteiger partial charge < -0.3 is 16.2 Å². The highest BCUT2D eigenvalue weighted by Crippen LogP contribution is 2.24. The fourth-order valence-corrected chi connectivity index (χ4v) is 2.21. The van der Waals surface area contributed by atoms with Gasteiger partial charge in [-0.15, -0.1) is 0 Å². The van der Waals surface area contributed by atoms with Crippen molar-refractivity contribution in [1.82, 2.24) is 0 Å². The number of halogens is 2. The van der Waals surface area contributed by atoms with Crippen LogP contribution in [-0.4, -0.2) is 11.7 Å². The van der Waals surface area contributed by atoms with Gasteiger partial charge in [0.2, 0.25) is 0 Å². The quantitative estimate of drug-likeness (QED) is 0.636. The number of rotatable bonds is 4. The zero-order chi connectivity index (χ0) is 13.9. The number of nitrogens with two attached hydrogens (primary N) is 2. The number of ether oxygens (including phenoxy) is 1. The first-order valence-corrected chi connectivity index (χ1v) is 6.51. The molecule has 6 heteroatoms. The number of anilines is 1. The molecule has 0 spiro atoms. The van der Waals surface area contributed by atoms with Crippen molar-refractivity contribution in [2.45, 2.75) is 32.3 Å². The Kier molecular flexibility index (Phi) is 4.78. The molecule has 1 rings (SSSR count). The predicted molar refractivity (Wildman–Crippen MR) is 76.6 cm³/mol. The van der Waals surface area contributed by atoms with Crippen molar-refractivity contribution in [3.63, 3.8) is 0 Å². The van der Waals surface area contributed by atoms with Crippen molar-refractivity contribution in [1.29, 1.82) is 0 Å². The first-order valence-electron chi connectivity index (χ1n) is 5.43. The summed E-state index contributed by atoms with van der Waals surface area (Å²) in [6.07, 6.45) is 0.320. The standard InChI is InChI=1S/C12H16FIN2O2/c1-12(2,18-11(16)17)4-3-7-5-8(13)10(15)9(14)6-7/h5-6H,3-4,15H2,1-2H3,(H2,16,17). The second-order valence-electron chi connectivity index (χ2n) is 4.65. The minimum absolute atomic E-state index is 0.159. The maximum absolute atomic E-state index is 13.4. The van der Waals surface area contributed by atoms with Crippen LogP contribution < -0.4 is 11.5 Å². The number of benzene rings is 1. The molecule has 0 aliphatic heterocycles. The summed E-state index contributed by atoms with van der Waals surface area (Å²) in [4.78, 5) is 10.7. The first kappa shape index (κ1) is 15.0. The maximum Gasteiger partial charge on any atom is 0.405 e. The Bertz CT molecular complexity index is 440. The molecule has 0 saturated carbocycles. The van der Waals surface area contributed by atoms with Crippen LogP contribution >= 0.6 is 22.6 Å². The van der Waals surface area contributed by atoms with E-state index in [1.54, 1.807) is 13.8 Å². The molecule has 0 unspecified atom stereocenters. The monoisotopic (exact) mass is 366 g/mol. The molecule has 0 bridgehead atoms. The lowest BCUT2D eigenvalue weighted by Gasteiger charge is -2.23. The van der Waals surface area contributed by atoms with E-state index in [1.165, 1.54) is 6.07 Å². The zero-order valence-electron chi connectivity index (χ0n) is 10.3. The smallest absolute Gasteiger partial charge is 0.405 e. The Morgan fingerprint density at radius 1 is 1.50 bits per heavy atom. The molecular weight excluding hydrogens is 350 g/mol. The number of primary amides is 1. The van der Waals surface area contributed by atoms with Crippen LogP contribution in [-0.2, 0) is 11.2 Å². The summed E-state index contributed by atoms with van der Waals surface area (Å²) in [5.41, 5.74) is 10.8. The molecule has 18 heavy (non-hydrogen) atoms. The van der Waals surface area contributed by atoms with Crippen LogP contribution in [0.15, 0.2) is 12.1 Å². The summed E-state index contributed by atoms with van der Waals surface area (Å²) in [6.45, 7) is 3.52. The molecule has 0 fully saturated rings. The van der Waals surface area contributed by atoms with Gasteiger partial charge in [-0.05, 0) is 67.0 Å². The Hall–Kier alpha value is -1.05. The number of amides is 1. The summed E-state index contributed by atoms with van der Waals surface area (Å²) in [5, 5.41) is 0. The van der Waals surface area contributed by atoms with Crippen molar-refractivity contribution in [3.05, 3.63) is 27.1 Å². The lowest BCUT2D eigenvalue weighted by Crippen LogP contribution is -2.31.